The van der Waals surface area contributed by atoms with E-state index in [-0.39, 0.29) is 0 Å². The van der Waals surface area contributed by atoms with Crippen LogP contribution in [0.2, 0.25) is 0 Å². The van der Waals surface area contributed by atoms with Crippen molar-refractivity contribution in [3.8, 4) is 0 Å². The Bertz CT molecular complexity index is 606. The number of hydroxylamine groups is 2. The molecular weight excluding hydrogens is 252 g/mol. The predicted molar refractivity (Wildman–Crippen MR) is 79.6 cm³/mol. The molecule has 0 heterocycles. The zero-order valence-corrected chi connectivity index (χ0v) is 11.9. The monoisotopic (exact) mass is 270 g/mol. The van der Waals surface area contributed by atoms with E-state index in [2.05, 4.69) is 0 Å². The molecule has 0 aliphatic rings. The van der Waals surface area contributed by atoms with Crippen molar-refractivity contribution in [3.05, 3.63) is 59.7 Å². The number of carbonyl (C=O) groups excluding carboxylic acids is 1. The van der Waals surface area contributed by atoms with Crippen molar-refractivity contribution in [3.63, 3.8) is 0 Å². The highest BCUT2D eigenvalue weighted by atomic mass is 16.5. The summed E-state index contributed by atoms with van der Waals surface area (Å²) in [4.78, 5) is 13.9. The Kier molecular flexibility index (Phi) is 4.05. The Morgan fingerprint density at radius 3 is 2.20 bits per heavy atom. The second-order valence-corrected chi connectivity index (χ2v) is 4.74. The van der Waals surface area contributed by atoms with E-state index in [0.717, 1.165) is 11.4 Å². The van der Waals surface area contributed by atoms with Gasteiger partial charge in [0.15, 0.2) is 0 Å². The van der Waals surface area contributed by atoms with Crippen LogP contribution in [-0.4, -0.2) is 30.3 Å². The van der Waals surface area contributed by atoms with Crippen molar-refractivity contribution in [2.45, 2.75) is 6.92 Å². The van der Waals surface area contributed by atoms with Gasteiger partial charge in [0.25, 0.3) is 5.91 Å². The number of carbonyl (C=O) groups is 1. The van der Waals surface area contributed by atoms with Crippen molar-refractivity contribution in [1.82, 2.24) is 5.06 Å². The predicted octanol–water partition coefficient (Wildman–Crippen LogP) is 3.22. The summed E-state index contributed by atoms with van der Waals surface area (Å²) in [6.45, 7) is 2.03. The van der Waals surface area contributed by atoms with Crippen molar-refractivity contribution in [2.24, 2.45) is 0 Å². The highest BCUT2D eigenvalue weighted by molar-refractivity contribution is 5.99. The van der Waals surface area contributed by atoms with Gasteiger partial charge in [-0.1, -0.05) is 29.8 Å². The fraction of sp³-hybridized carbons (Fsp3) is 0.188. The average molecular weight is 270 g/mol. The molecule has 1 amide bonds. The van der Waals surface area contributed by atoms with Gasteiger partial charge in [-0.3, -0.25) is 10.0 Å². The normalized spacial score (nSPS) is 10.2. The van der Waals surface area contributed by atoms with Crippen molar-refractivity contribution >= 4 is 17.3 Å². The molecule has 104 valence electrons. The first-order valence-corrected chi connectivity index (χ1v) is 6.37. The maximum Gasteiger partial charge on any atom is 0.279 e. The molecule has 4 nitrogen and oxygen atoms in total. The molecule has 0 bridgehead atoms. The minimum atomic E-state index is -0.431. The van der Waals surface area contributed by atoms with Crippen molar-refractivity contribution < 1.29 is 10.0 Å². The first-order valence-electron chi connectivity index (χ1n) is 6.37. The minimum Gasteiger partial charge on any atom is -0.344 e. The van der Waals surface area contributed by atoms with Crippen LogP contribution < -0.4 is 4.90 Å². The smallest absolute Gasteiger partial charge is 0.279 e. The summed E-state index contributed by atoms with van der Waals surface area (Å²) in [5, 5.41) is 9.95. The van der Waals surface area contributed by atoms with E-state index in [4.69, 9.17) is 0 Å². The Balaban J connectivity index is 2.42. The summed E-state index contributed by atoms with van der Waals surface area (Å²) in [6.07, 6.45) is 0. The zero-order valence-electron chi connectivity index (χ0n) is 11.9. The first-order chi connectivity index (χ1) is 9.50. The molecule has 2 aromatic rings. The van der Waals surface area contributed by atoms with Crippen LogP contribution in [0.15, 0.2) is 48.5 Å². The van der Waals surface area contributed by atoms with Crippen LogP contribution in [-0.2, 0) is 0 Å². The number of anilines is 2. The molecule has 0 atom stereocenters. The van der Waals surface area contributed by atoms with Gasteiger partial charge in [0.05, 0.1) is 11.3 Å². The van der Waals surface area contributed by atoms with Crippen LogP contribution in [0.4, 0.5) is 11.4 Å². The Morgan fingerprint density at radius 2 is 1.60 bits per heavy atom. The van der Waals surface area contributed by atoms with Gasteiger partial charge in [-0.25, -0.2) is 5.06 Å². The molecule has 0 aromatic heterocycles. The highest BCUT2D eigenvalue weighted by Crippen LogP contribution is 2.27. The van der Waals surface area contributed by atoms with Gasteiger partial charge < -0.3 is 4.90 Å². The summed E-state index contributed by atoms with van der Waals surface area (Å²) in [7, 11) is 3.22. The third-order valence-electron chi connectivity index (χ3n) is 3.21. The number of hydrogen-bond donors (Lipinski definition) is 1. The number of nitrogens with zero attached hydrogens (tertiary/aromatic N) is 2. The Morgan fingerprint density at radius 1 is 1.00 bits per heavy atom. The van der Waals surface area contributed by atoms with E-state index < -0.39 is 5.91 Å². The number of rotatable bonds is 3. The van der Waals surface area contributed by atoms with Gasteiger partial charge in [-0.15, -0.1) is 0 Å². The number of amides is 1. The molecule has 0 saturated carbocycles. The van der Waals surface area contributed by atoms with Crippen LogP contribution in [0.1, 0.15) is 15.9 Å². The quantitative estimate of drug-likeness (QED) is 0.688. The average Bonchev–Trinajstić information content (AvgIpc) is 2.46. The largest absolute Gasteiger partial charge is 0.344 e. The molecule has 0 radical (unpaired) electrons. The molecule has 0 saturated heterocycles. The molecule has 0 fully saturated rings. The third-order valence-corrected chi connectivity index (χ3v) is 3.21. The van der Waals surface area contributed by atoms with E-state index in [0.29, 0.717) is 10.6 Å². The van der Waals surface area contributed by atoms with E-state index in [1.54, 1.807) is 12.1 Å². The Hall–Kier alpha value is -2.33. The summed E-state index contributed by atoms with van der Waals surface area (Å²) in [5.41, 5.74) is 3.38. The fourth-order valence-electron chi connectivity index (χ4n) is 2.03. The van der Waals surface area contributed by atoms with Gasteiger partial charge in [0.1, 0.15) is 0 Å². The van der Waals surface area contributed by atoms with Gasteiger partial charge in [0, 0.05) is 19.8 Å². The van der Waals surface area contributed by atoms with E-state index >= 15 is 0 Å². The molecule has 0 aliphatic carbocycles. The first kappa shape index (κ1) is 14.1. The van der Waals surface area contributed by atoms with Crippen LogP contribution in [0.5, 0.6) is 0 Å². The second kappa shape index (κ2) is 5.75. The summed E-state index contributed by atoms with van der Waals surface area (Å²) >= 11 is 0. The van der Waals surface area contributed by atoms with Gasteiger partial charge >= 0.3 is 0 Å². The lowest BCUT2D eigenvalue weighted by molar-refractivity contribution is -0.0374. The summed E-state index contributed by atoms with van der Waals surface area (Å²) in [5.74, 6) is -0.431. The topological polar surface area (TPSA) is 43.8 Å². The molecule has 2 aromatic carbocycles. The lowest BCUT2D eigenvalue weighted by Gasteiger charge is -2.23. The molecule has 20 heavy (non-hydrogen) atoms. The lowest BCUT2D eigenvalue weighted by atomic mass is 10.1. The van der Waals surface area contributed by atoms with Gasteiger partial charge in [0.2, 0.25) is 0 Å². The van der Waals surface area contributed by atoms with Gasteiger partial charge in [-0.05, 0) is 31.2 Å². The number of benzene rings is 2. The van der Waals surface area contributed by atoms with Crippen molar-refractivity contribution in [2.75, 3.05) is 19.0 Å². The Labute approximate surface area is 118 Å². The number of hydrogen-bond acceptors (Lipinski definition) is 3. The number of aryl methyl sites for hydroxylation is 1. The fourth-order valence-corrected chi connectivity index (χ4v) is 2.03. The maximum absolute atomic E-state index is 12.0. The molecular formula is C16H18N2O2. The second-order valence-electron chi connectivity index (χ2n) is 4.74. The lowest BCUT2D eigenvalue weighted by Crippen LogP contribution is -2.25. The molecule has 1 N–H and O–H groups in total. The molecule has 0 spiro atoms. The van der Waals surface area contributed by atoms with Crippen LogP contribution in [0.25, 0.3) is 0 Å². The molecule has 2 rings (SSSR count). The van der Waals surface area contributed by atoms with E-state index in [1.807, 2.05) is 55.3 Å². The standard InChI is InChI=1S/C16H18N2O2/c1-12-8-10-13(11-9-12)17(2)15-7-5-4-6-14(15)16(19)18(3)20/h4-11,20H,1-3H3. The van der Waals surface area contributed by atoms with E-state index in [9.17, 15) is 10.0 Å². The van der Waals surface area contributed by atoms with Crippen LogP contribution in [0.3, 0.4) is 0 Å². The molecule has 0 aliphatic heterocycles. The van der Waals surface area contributed by atoms with E-state index in [1.165, 1.54) is 12.6 Å². The maximum atomic E-state index is 12.0. The minimum absolute atomic E-state index is 0.431. The molecule has 0 unspecified atom stereocenters. The number of para-hydroxylation sites is 1. The SMILES string of the molecule is Cc1ccc(N(C)c2ccccc2C(=O)N(C)O)cc1. The third kappa shape index (κ3) is 2.81. The summed E-state index contributed by atoms with van der Waals surface area (Å²) < 4.78 is 0. The summed E-state index contributed by atoms with van der Waals surface area (Å²) in [6, 6.07) is 15.3. The van der Waals surface area contributed by atoms with Crippen molar-refractivity contribution in [1.29, 1.82) is 0 Å². The molecule has 4 heteroatoms. The van der Waals surface area contributed by atoms with Gasteiger partial charge in [-0.2, -0.15) is 0 Å². The highest BCUT2D eigenvalue weighted by Gasteiger charge is 2.17. The van der Waals surface area contributed by atoms with Crippen LogP contribution in [0, 0.1) is 6.92 Å². The zero-order chi connectivity index (χ0) is 14.7. The van der Waals surface area contributed by atoms with Crippen LogP contribution >= 0.6 is 0 Å².